The number of aliphatic hydroxyl groups excluding tert-OH is 5. The van der Waals surface area contributed by atoms with Gasteiger partial charge in [-0.2, -0.15) is 4.98 Å². The summed E-state index contributed by atoms with van der Waals surface area (Å²) < 4.78 is 7.25. The third kappa shape index (κ3) is 3.73. The molecule has 0 bridgehead atoms. The lowest BCUT2D eigenvalue weighted by Gasteiger charge is -2.38. The largest absolute Gasteiger partial charge is 0.394 e. The Morgan fingerprint density at radius 3 is 2.60 bits per heavy atom. The lowest BCUT2D eigenvalue weighted by molar-refractivity contribution is -0.0767. The van der Waals surface area contributed by atoms with Crippen molar-refractivity contribution in [3.63, 3.8) is 0 Å². The molecule has 2 aliphatic rings. The standard InChI is InChI=1S/C28H27N5O7/c34-10-17-16(35)9-18(40-17)33-11-29-22-26(33)31-28(32-27(22)39)30-21-20-15(23(36)25(38)24(21)37)8-7-13-6-5-12-3-1-2-4-14(12)19(13)20/h1-8,11,16-18,21,23-25,34-38H,9-10H2,(H2,30,31,32,39)/t16-,17+,18+,21-,23+,24+,25-/m0/s1. The van der Waals surface area contributed by atoms with Crippen molar-refractivity contribution in [1.82, 2.24) is 19.5 Å². The first-order valence-corrected chi connectivity index (χ1v) is 13.0. The number of aromatic nitrogens is 4. The predicted octanol–water partition coefficient (Wildman–Crippen LogP) is 0.989. The van der Waals surface area contributed by atoms with E-state index in [0.29, 0.717) is 11.1 Å². The van der Waals surface area contributed by atoms with Crippen LogP contribution in [0.2, 0.25) is 0 Å². The van der Waals surface area contributed by atoms with Crippen LogP contribution in [-0.2, 0) is 4.74 Å². The van der Waals surface area contributed by atoms with Gasteiger partial charge >= 0.3 is 0 Å². The maximum atomic E-state index is 13.0. The molecule has 3 aromatic carbocycles. The van der Waals surface area contributed by atoms with Gasteiger partial charge in [-0.05, 0) is 32.7 Å². The number of aromatic amines is 1. The highest BCUT2D eigenvalue weighted by Gasteiger charge is 2.42. The van der Waals surface area contributed by atoms with Crippen LogP contribution in [0.1, 0.15) is 35.9 Å². The number of anilines is 1. The summed E-state index contributed by atoms with van der Waals surface area (Å²) >= 11 is 0. The van der Waals surface area contributed by atoms with E-state index in [0.717, 1.165) is 21.5 Å². The van der Waals surface area contributed by atoms with Gasteiger partial charge in [-0.15, -0.1) is 0 Å². The molecule has 12 heteroatoms. The number of benzene rings is 3. The number of nitrogens with one attached hydrogen (secondary N) is 2. The first kappa shape index (κ1) is 25.1. The number of aliphatic hydroxyl groups is 5. The highest BCUT2D eigenvalue weighted by Crippen LogP contribution is 2.44. The minimum Gasteiger partial charge on any atom is -0.394 e. The van der Waals surface area contributed by atoms with Crippen LogP contribution in [0.4, 0.5) is 5.95 Å². The number of hydrogen-bond acceptors (Lipinski definition) is 10. The summed E-state index contributed by atoms with van der Waals surface area (Å²) in [6.07, 6.45) is -5.08. The van der Waals surface area contributed by atoms with Crippen LogP contribution in [0.5, 0.6) is 0 Å². The van der Waals surface area contributed by atoms with Crippen molar-refractivity contribution < 1.29 is 30.3 Å². The maximum absolute atomic E-state index is 13.0. The minimum absolute atomic E-state index is 0.00679. The smallest absolute Gasteiger partial charge is 0.280 e. The summed E-state index contributed by atoms with van der Waals surface area (Å²) in [5.74, 6) is 0.00679. The number of hydrogen-bond donors (Lipinski definition) is 7. The molecule has 12 nitrogen and oxygen atoms in total. The van der Waals surface area contributed by atoms with Crippen LogP contribution in [0.3, 0.4) is 0 Å². The summed E-state index contributed by atoms with van der Waals surface area (Å²) in [6, 6.07) is 14.4. The molecule has 1 aliphatic carbocycles. The van der Waals surface area contributed by atoms with Crippen molar-refractivity contribution in [2.45, 2.75) is 49.2 Å². The first-order chi connectivity index (χ1) is 19.4. The van der Waals surface area contributed by atoms with Gasteiger partial charge in [0.05, 0.1) is 25.1 Å². The Bertz CT molecular complexity index is 1820. The van der Waals surface area contributed by atoms with Crippen LogP contribution >= 0.6 is 0 Å². The zero-order chi connectivity index (χ0) is 27.7. The molecule has 0 radical (unpaired) electrons. The molecule has 7 atom stereocenters. The van der Waals surface area contributed by atoms with Crippen LogP contribution in [0.25, 0.3) is 32.7 Å². The van der Waals surface area contributed by atoms with Crippen LogP contribution in [-0.4, -0.2) is 76.1 Å². The van der Waals surface area contributed by atoms with Crippen LogP contribution < -0.4 is 10.9 Å². The fourth-order valence-electron chi connectivity index (χ4n) is 6.03. The quantitative estimate of drug-likeness (QED) is 0.161. The van der Waals surface area contributed by atoms with E-state index in [2.05, 4.69) is 20.3 Å². The minimum atomic E-state index is -1.50. The van der Waals surface area contributed by atoms with Crippen LogP contribution in [0.15, 0.2) is 59.7 Å². The molecular formula is C28H27N5O7. The molecule has 1 aliphatic heterocycles. The highest BCUT2D eigenvalue weighted by molar-refractivity contribution is 6.10. The molecule has 206 valence electrons. The summed E-state index contributed by atoms with van der Waals surface area (Å²) in [7, 11) is 0. The molecule has 0 spiro atoms. The monoisotopic (exact) mass is 545 g/mol. The van der Waals surface area contributed by atoms with Gasteiger partial charge in [0.2, 0.25) is 5.95 Å². The molecule has 0 amide bonds. The Morgan fingerprint density at radius 2 is 1.80 bits per heavy atom. The second-order valence-electron chi connectivity index (χ2n) is 10.4. The molecule has 3 heterocycles. The van der Waals surface area contributed by atoms with Gasteiger partial charge in [-0.1, -0.05) is 48.5 Å². The number of imidazole rings is 1. The second kappa shape index (κ2) is 9.34. The van der Waals surface area contributed by atoms with E-state index < -0.39 is 48.3 Å². The van der Waals surface area contributed by atoms with Gasteiger partial charge in [0.25, 0.3) is 5.56 Å². The van der Waals surface area contributed by atoms with Crippen molar-refractivity contribution in [3.05, 3.63) is 76.3 Å². The third-order valence-electron chi connectivity index (χ3n) is 8.05. The molecule has 7 rings (SSSR count). The Morgan fingerprint density at radius 1 is 1.02 bits per heavy atom. The van der Waals surface area contributed by atoms with E-state index in [1.165, 1.54) is 10.9 Å². The Labute approximate surface area is 226 Å². The first-order valence-electron chi connectivity index (χ1n) is 13.0. The molecule has 7 N–H and O–H groups in total. The lowest BCUT2D eigenvalue weighted by atomic mass is 9.78. The fraction of sp³-hybridized carbons (Fsp3) is 0.321. The lowest BCUT2D eigenvalue weighted by Crippen LogP contribution is -2.44. The number of fused-ring (bicyclic) bond motifs is 6. The Balaban J connectivity index is 1.37. The number of H-pyrrole nitrogens is 1. The summed E-state index contributed by atoms with van der Waals surface area (Å²) in [5.41, 5.74) is 0.724. The molecule has 0 saturated carbocycles. The van der Waals surface area contributed by atoms with Crippen molar-refractivity contribution in [3.8, 4) is 0 Å². The van der Waals surface area contributed by atoms with Crippen molar-refractivity contribution in [2.24, 2.45) is 0 Å². The molecule has 1 saturated heterocycles. The van der Waals surface area contributed by atoms with E-state index in [1.54, 1.807) is 6.07 Å². The van der Waals surface area contributed by atoms with Gasteiger partial charge in [-0.3, -0.25) is 14.3 Å². The number of ether oxygens (including phenoxy) is 1. The average molecular weight is 546 g/mol. The zero-order valence-electron chi connectivity index (χ0n) is 21.0. The van der Waals surface area contributed by atoms with E-state index in [9.17, 15) is 30.3 Å². The summed E-state index contributed by atoms with van der Waals surface area (Å²) in [6.45, 7) is -0.360. The van der Waals surface area contributed by atoms with Gasteiger partial charge in [0.1, 0.15) is 30.6 Å². The summed E-state index contributed by atoms with van der Waals surface area (Å²) in [5, 5.41) is 59.2. The van der Waals surface area contributed by atoms with Crippen molar-refractivity contribution >= 4 is 38.7 Å². The normalized spacial score (nSPS) is 28.4. The highest BCUT2D eigenvalue weighted by atomic mass is 16.5. The van der Waals surface area contributed by atoms with Crippen molar-refractivity contribution in [2.75, 3.05) is 11.9 Å². The number of nitrogens with zero attached hydrogens (tertiary/aromatic N) is 3. The second-order valence-corrected chi connectivity index (χ2v) is 10.4. The molecule has 5 aromatic rings. The molecule has 40 heavy (non-hydrogen) atoms. The average Bonchev–Trinajstić information content (AvgIpc) is 3.56. The van der Waals surface area contributed by atoms with Gasteiger partial charge in [0.15, 0.2) is 11.2 Å². The van der Waals surface area contributed by atoms with E-state index >= 15 is 0 Å². The van der Waals surface area contributed by atoms with Gasteiger partial charge in [-0.25, -0.2) is 4.98 Å². The summed E-state index contributed by atoms with van der Waals surface area (Å²) in [4.78, 5) is 24.4. The SMILES string of the molecule is O=c1[nH]c(N[C@H]2c3c(ccc4ccc5ccccc5c34)[C@@H](O)[C@H](O)[C@@H]2O)nc2c1ncn2[C@H]1C[C@H](O)[C@@H](CO)O1. The zero-order valence-corrected chi connectivity index (χ0v) is 21.0. The van der Waals surface area contributed by atoms with E-state index in [4.69, 9.17) is 4.74 Å². The topological polar surface area (TPSA) is 186 Å². The molecule has 0 unspecified atom stereocenters. The number of rotatable bonds is 4. The Kier molecular flexibility index (Phi) is 5.85. The third-order valence-corrected chi connectivity index (χ3v) is 8.05. The van der Waals surface area contributed by atoms with Gasteiger partial charge in [0, 0.05) is 6.42 Å². The molecule has 1 fully saturated rings. The predicted molar refractivity (Wildman–Crippen MR) is 145 cm³/mol. The van der Waals surface area contributed by atoms with E-state index in [1.807, 2.05) is 42.5 Å². The van der Waals surface area contributed by atoms with Crippen LogP contribution in [0, 0.1) is 0 Å². The van der Waals surface area contributed by atoms with E-state index in [-0.39, 0.29) is 30.1 Å². The van der Waals surface area contributed by atoms with Crippen molar-refractivity contribution in [1.29, 1.82) is 0 Å². The Hall–Kier alpha value is -3.91. The van der Waals surface area contributed by atoms with Gasteiger partial charge < -0.3 is 35.6 Å². The fourth-order valence-corrected chi connectivity index (χ4v) is 6.03. The molecular weight excluding hydrogens is 518 g/mol. The molecule has 2 aromatic heterocycles. The maximum Gasteiger partial charge on any atom is 0.280 e.